The number of fused-ring (bicyclic) bond motifs is 4. The number of oxazole rings is 1. The van der Waals surface area contributed by atoms with Crippen LogP contribution >= 0.6 is 0 Å². The Labute approximate surface area is 386 Å². The normalized spacial score (nSPS) is 11.3. The smallest absolute Gasteiger partial charge is 0.207 e. The van der Waals surface area contributed by atoms with Gasteiger partial charge in [0.15, 0.2) is 0 Å². The second-order valence-electron chi connectivity index (χ2n) is 16.3. The third kappa shape index (κ3) is 8.12. The Morgan fingerprint density at radius 1 is 0.562 bits per heavy atom. The summed E-state index contributed by atoms with van der Waals surface area (Å²) in [5, 5.41) is 2.15. The quantitative estimate of drug-likeness (QED) is 0.142. The van der Waals surface area contributed by atoms with Crippen LogP contribution in [0.5, 0.6) is 0 Å². The molecule has 0 aliphatic rings. The first-order valence-corrected chi connectivity index (χ1v) is 21.4. The van der Waals surface area contributed by atoms with E-state index >= 15 is 0 Å². The van der Waals surface area contributed by atoms with Crippen molar-refractivity contribution in [1.82, 2.24) is 19.5 Å². The van der Waals surface area contributed by atoms with Gasteiger partial charge in [0.2, 0.25) is 5.89 Å². The molecular weight excluding hydrogens is 965 g/mol. The molecule has 11 rings (SSSR count). The van der Waals surface area contributed by atoms with E-state index in [1.54, 1.807) is 18.7 Å². The summed E-state index contributed by atoms with van der Waals surface area (Å²) in [7, 11) is 0. The van der Waals surface area contributed by atoms with Gasteiger partial charge in [0.25, 0.3) is 0 Å². The van der Waals surface area contributed by atoms with Gasteiger partial charge in [-0.2, -0.15) is 0 Å². The van der Waals surface area contributed by atoms with Crippen LogP contribution in [0.15, 0.2) is 191 Å². The van der Waals surface area contributed by atoms with Gasteiger partial charge in [0.1, 0.15) is 11.8 Å². The van der Waals surface area contributed by atoms with Crippen molar-refractivity contribution < 1.29 is 28.9 Å². The molecule has 0 fully saturated rings. The molecule has 7 heteroatoms. The number of rotatable bonds is 8. The van der Waals surface area contributed by atoms with Crippen LogP contribution in [0.25, 0.3) is 95.0 Å². The molecule has 0 spiro atoms. The largest absolute Gasteiger partial charge is 0.501 e. The summed E-state index contributed by atoms with van der Waals surface area (Å²) in [5.41, 5.74) is 15.8. The first kappa shape index (κ1) is 42.1. The van der Waals surface area contributed by atoms with Gasteiger partial charge in [-0.15, -0.1) is 48.0 Å². The maximum Gasteiger partial charge on any atom is 0.207 e. The molecule has 0 aliphatic heterocycles. The van der Waals surface area contributed by atoms with Gasteiger partial charge in [0, 0.05) is 37.4 Å². The van der Waals surface area contributed by atoms with E-state index in [4.69, 9.17) is 13.8 Å². The van der Waals surface area contributed by atoms with Crippen LogP contribution in [-0.4, -0.2) is 19.5 Å². The fourth-order valence-corrected chi connectivity index (χ4v) is 8.39. The number of pyridine rings is 1. The zero-order chi connectivity index (χ0) is 42.9. The van der Waals surface area contributed by atoms with Crippen molar-refractivity contribution in [2.45, 2.75) is 39.5 Å². The summed E-state index contributed by atoms with van der Waals surface area (Å²) >= 11 is 0. The van der Waals surface area contributed by atoms with Crippen LogP contribution in [0.1, 0.15) is 50.7 Å². The maximum absolute atomic E-state index is 6.73. The first-order chi connectivity index (χ1) is 30.9. The second kappa shape index (κ2) is 18.3. The summed E-state index contributed by atoms with van der Waals surface area (Å²) in [6.07, 6.45) is 4.96. The Hall–Kier alpha value is -7.18. The van der Waals surface area contributed by atoms with E-state index in [1.807, 2.05) is 48.5 Å². The van der Waals surface area contributed by atoms with E-state index < -0.39 is 0 Å². The van der Waals surface area contributed by atoms with E-state index in [2.05, 4.69) is 170 Å². The van der Waals surface area contributed by atoms with Crippen molar-refractivity contribution in [1.29, 1.82) is 0 Å². The summed E-state index contributed by atoms with van der Waals surface area (Å²) in [5.74, 6) is 2.02. The van der Waals surface area contributed by atoms with E-state index in [0.717, 1.165) is 66.7 Å². The SMILES string of the molecule is CC(C)c1cc(-c2ccccc2)cc(C(C)C)c1-n1c(-c2[c-]ccc3c2oc2cc(-c4ccccc4)ccc23)nc2ccccc21.[Ir].[c-]1ccc(-c2ncco2)cc1-c1ccccn1. The average Bonchev–Trinajstić information content (AvgIpc) is 4.10. The van der Waals surface area contributed by atoms with Crippen LogP contribution in [0.4, 0.5) is 0 Å². The molecule has 0 N–H and O–H groups in total. The number of imidazole rings is 1. The minimum atomic E-state index is 0. The molecule has 1 radical (unpaired) electrons. The van der Waals surface area contributed by atoms with Gasteiger partial charge < -0.3 is 18.4 Å². The molecule has 0 aliphatic carbocycles. The molecule has 4 aromatic heterocycles. The number of furan rings is 1. The van der Waals surface area contributed by atoms with Gasteiger partial charge in [-0.05, 0) is 92.9 Å². The van der Waals surface area contributed by atoms with Crippen molar-refractivity contribution in [2.75, 3.05) is 0 Å². The predicted octanol–water partition coefficient (Wildman–Crippen LogP) is 15.2. The monoisotopic (exact) mass is 1010 g/mol. The molecule has 4 heterocycles. The standard InChI is InChI=1S/C43H35N2O.C14H9N2O.Ir/c1-27(2)36-24-32(30-16-9-6-10-17-30)25-37(28(3)4)41(36)45-39-21-12-11-20-38(39)44-43(45)35-19-13-18-34-33-23-22-31(26-40(33)46-42(34)35)29-14-7-5-8-15-29;1-2-7-15-13(6-1)11-4-3-5-12(10-11)14-16-8-9-17-14;/h5-18,20-28H,1-4H3;1-3,5-10H;/q2*-1;. The number of para-hydroxylation sites is 2. The number of aromatic nitrogens is 4. The van der Waals surface area contributed by atoms with Crippen molar-refractivity contribution >= 4 is 33.0 Å². The van der Waals surface area contributed by atoms with Crippen LogP contribution < -0.4 is 0 Å². The molecule has 7 aromatic carbocycles. The van der Waals surface area contributed by atoms with Gasteiger partial charge in [-0.25, -0.2) is 4.98 Å². The average molecular weight is 1010 g/mol. The van der Waals surface area contributed by atoms with Gasteiger partial charge in [-0.3, -0.25) is 4.98 Å². The number of benzene rings is 7. The van der Waals surface area contributed by atoms with Crippen LogP contribution in [0.3, 0.4) is 0 Å². The molecule has 0 amide bonds. The second-order valence-corrected chi connectivity index (χ2v) is 16.3. The van der Waals surface area contributed by atoms with Crippen LogP contribution in [-0.2, 0) is 20.1 Å². The van der Waals surface area contributed by atoms with Crippen LogP contribution in [0.2, 0.25) is 0 Å². The Bertz CT molecular complexity index is 3310. The number of nitrogens with zero attached hydrogens (tertiary/aromatic N) is 4. The molecule has 6 nitrogen and oxygen atoms in total. The molecular formula is C57H44IrN4O2-2. The first-order valence-electron chi connectivity index (χ1n) is 21.4. The summed E-state index contributed by atoms with van der Waals surface area (Å²) in [6, 6.07) is 63.2. The number of hydrogen-bond acceptors (Lipinski definition) is 5. The number of hydrogen-bond donors (Lipinski definition) is 0. The molecule has 315 valence electrons. The van der Waals surface area contributed by atoms with E-state index in [9.17, 15) is 0 Å². The molecule has 0 atom stereocenters. The van der Waals surface area contributed by atoms with Gasteiger partial charge in [-0.1, -0.05) is 136 Å². The topological polar surface area (TPSA) is 69.9 Å². The van der Waals surface area contributed by atoms with Crippen molar-refractivity contribution in [3.8, 4) is 62.0 Å². The molecule has 0 saturated heterocycles. The zero-order valence-corrected chi connectivity index (χ0v) is 38.3. The van der Waals surface area contributed by atoms with Gasteiger partial charge >= 0.3 is 0 Å². The van der Waals surface area contributed by atoms with E-state index in [1.165, 1.54) is 33.5 Å². The Morgan fingerprint density at radius 2 is 1.25 bits per heavy atom. The Morgan fingerprint density at radius 3 is 1.94 bits per heavy atom. The maximum atomic E-state index is 6.73. The van der Waals surface area contributed by atoms with E-state index in [0.29, 0.717) is 5.89 Å². The molecule has 11 aromatic rings. The zero-order valence-electron chi connectivity index (χ0n) is 35.9. The molecule has 0 unspecified atom stereocenters. The van der Waals surface area contributed by atoms with Crippen molar-refractivity contribution in [2.24, 2.45) is 0 Å². The van der Waals surface area contributed by atoms with Crippen molar-refractivity contribution in [3.05, 3.63) is 206 Å². The Kier molecular flexibility index (Phi) is 12.0. The predicted molar refractivity (Wildman–Crippen MR) is 256 cm³/mol. The summed E-state index contributed by atoms with van der Waals surface area (Å²) in [4.78, 5) is 13.7. The third-order valence-electron chi connectivity index (χ3n) is 11.5. The summed E-state index contributed by atoms with van der Waals surface area (Å²) in [6.45, 7) is 9.14. The van der Waals surface area contributed by atoms with E-state index in [-0.39, 0.29) is 31.9 Å². The third-order valence-corrected chi connectivity index (χ3v) is 11.5. The Balaban J connectivity index is 0.000000241. The fraction of sp³-hybridized carbons (Fsp3) is 0.105. The molecule has 64 heavy (non-hydrogen) atoms. The molecule has 0 saturated carbocycles. The van der Waals surface area contributed by atoms with Crippen LogP contribution in [0, 0.1) is 12.1 Å². The minimum Gasteiger partial charge on any atom is -0.501 e. The van der Waals surface area contributed by atoms with Crippen molar-refractivity contribution in [3.63, 3.8) is 0 Å². The van der Waals surface area contributed by atoms with Gasteiger partial charge in [0.05, 0.1) is 28.6 Å². The molecule has 0 bridgehead atoms. The summed E-state index contributed by atoms with van der Waals surface area (Å²) < 4.78 is 14.4. The fourth-order valence-electron chi connectivity index (χ4n) is 8.39. The minimum absolute atomic E-state index is 0.